The lowest BCUT2D eigenvalue weighted by Crippen LogP contribution is -2.54. The predicted molar refractivity (Wildman–Crippen MR) is 79.2 cm³/mol. The number of carbonyl (C=O) groups is 2. The number of carbonyl (C=O) groups excluding carboxylic acids is 2. The maximum absolute atomic E-state index is 12.1. The van der Waals surface area contributed by atoms with Gasteiger partial charge < -0.3 is 24.8 Å². The molecule has 2 aliphatic rings. The molecule has 2 fully saturated rings. The van der Waals surface area contributed by atoms with Crippen LogP contribution in [0.2, 0.25) is 0 Å². The fraction of sp³-hybridized carbons (Fsp3) is 0.867. The van der Waals surface area contributed by atoms with Gasteiger partial charge in [0.25, 0.3) is 0 Å². The summed E-state index contributed by atoms with van der Waals surface area (Å²) >= 11 is 0. The molecule has 22 heavy (non-hydrogen) atoms. The average molecular weight is 314 g/mol. The summed E-state index contributed by atoms with van der Waals surface area (Å²) in [6.45, 7) is 6.81. The average Bonchev–Trinajstić information content (AvgIpc) is 2.74. The Bertz CT molecular complexity index is 438. The molecule has 0 aromatic heterocycles. The monoisotopic (exact) mass is 314 g/mol. The Labute approximate surface area is 131 Å². The van der Waals surface area contributed by atoms with Gasteiger partial charge in [0.05, 0.1) is 19.3 Å². The predicted octanol–water partition coefficient (Wildman–Crippen LogP) is 0.903. The number of amides is 1. The minimum atomic E-state index is -0.620. The fourth-order valence-corrected chi connectivity index (χ4v) is 3.20. The van der Waals surface area contributed by atoms with Crippen LogP contribution in [0.4, 0.5) is 4.79 Å². The number of hydrogen-bond acceptors (Lipinski definition) is 6. The van der Waals surface area contributed by atoms with E-state index in [0.29, 0.717) is 32.5 Å². The van der Waals surface area contributed by atoms with Crippen LogP contribution in [-0.2, 0) is 19.0 Å². The van der Waals surface area contributed by atoms with Crippen molar-refractivity contribution in [1.29, 1.82) is 0 Å². The van der Waals surface area contributed by atoms with Crippen LogP contribution in [0.15, 0.2) is 0 Å². The van der Waals surface area contributed by atoms with Crippen molar-refractivity contribution in [3.8, 4) is 0 Å². The highest BCUT2D eigenvalue weighted by Gasteiger charge is 2.54. The first-order valence-corrected chi connectivity index (χ1v) is 7.64. The number of methoxy groups -OCH3 is 1. The summed E-state index contributed by atoms with van der Waals surface area (Å²) in [7, 11) is 1.36. The lowest BCUT2D eigenvalue weighted by atomic mass is 9.78. The van der Waals surface area contributed by atoms with Gasteiger partial charge in [0.2, 0.25) is 0 Å². The summed E-state index contributed by atoms with van der Waals surface area (Å²) in [5, 5.41) is 0. The standard InChI is InChI=1S/C15H26N2O5/c1-14(2,3)22-13(19)17-7-5-15(6-8-17)11(12(18)20-4)10(16)9-21-15/h10-11H,5-9,16H2,1-4H3. The highest BCUT2D eigenvalue weighted by molar-refractivity contribution is 5.75. The SMILES string of the molecule is COC(=O)C1C(N)COC12CCN(C(=O)OC(C)(C)C)CC2. The van der Waals surface area contributed by atoms with Gasteiger partial charge in [-0.2, -0.15) is 0 Å². The largest absolute Gasteiger partial charge is 0.469 e. The molecule has 0 aromatic rings. The van der Waals surface area contributed by atoms with Gasteiger partial charge >= 0.3 is 12.1 Å². The molecule has 7 nitrogen and oxygen atoms in total. The van der Waals surface area contributed by atoms with E-state index in [9.17, 15) is 9.59 Å². The Balaban J connectivity index is 2.01. The van der Waals surface area contributed by atoms with E-state index < -0.39 is 17.1 Å². The van der Waals surface area contributed by atoms with E-state index in [2.05, 4.69) is 0 Å². The van der Waals surface area contributed by atoms with Crippen LogP contribution in [0.25, 0.3) is 0 Å². The van der Waals surface area contributed by atoms with E-state index in [1.165, 1.54) is 7.11 Å². The zero-order chi connectivity index (χ0) is 16.5. The van der Waals surface area contributed by atoms with Crippen molar-refractivity contribution in [3.63, 3.8) is 0 Å². The van der Waals surface area contributed by atoms with E-state index in [4.69, 9.17) is 19.9 Å². The van der Waals surface area contributed by atoms with Gasteiger partial charge in [0.15, 0.2) is 0 Å². The zero-order valence-corrected chi connectivity index (χ0v) is 13.8. The molecule has 0 aromatic carbocycles. The summed E-state index contributed by atoms with van der Waals surface area (Å²) in [5.74, 6) is -0.811. The number of rotatable bonds is 1. The second-order valence-electron chi connectivity index (χ2n) is 7.01. The minimum absolute atomic E-state index is 0.334. The van der Waals surface area contributed by atoms with Gasteiger partial charge in [-0.05, 0) is 33.6 Å². The minimum Gasteiger partial charge on any atom is -0.469 e. The van der Waals surface area contributed by atoms with Crippen LogP contribution in [0.1, 0.15) is 33.6 Å². The first kappa shape index (κ1) is 17.0. The number of piperidine rings is 1. The van der Waals surface area contributed by atoms with Gasteiger partial charge in [-0.25, -0.2) is 4.79 Å². The van der Waals surface area contributed by atoms with E-state index >= 15 is 0 Å². The van der Waals surface area contributed by atoms with Crippen molar-refractivity contribution in [2.45, 2.75) is 50.9 Å². The molecule has 0 radical (unpaired) electrons. The van der Waals surface area contributed by atoms with Crippen molar-refractivity contribution in [2.24, 2.45) is 11.7 Å². The topological polar surface area (TPSA) is 91.1 Å². The normalized spacial score (nSPS) is 27.8. The fourth-order valence-electron chi connectivity index (χ4n) is 3.20. The molecule has 1 spiro atoms. The molecule has 2 atom stereocenters. The van der Waals surface area contributed by atoms with Gasteiger partial charge in [0, 0.05) is 19.1 Å². The lowest BCUT2D eigenvalue weighted by Gasteiger charge is -2.41. The van der Waals surface area contributed by atoms with Crippen LogP contribution in [0.3, 0.4) is 0 Å². The van der Waals surface area contributed by atoms with Crippen LogP contribution in [-0.4, -0.2) is 61.0 Å². The smallest absolute Gasteiger partial charge is 0.410 e. The Morgan fingerprint density at radius 2 is 1.86 bits per heavy atom. The summed E-state index contributed by atoms with van der Waals surface area (Å²) in [4.78, 5) is 25.8. The molecular weight excluding hydrogens is 288 g/mol. The van der Waals surface area contributed by atoms with Crippen LogP contribution in [0, 0.1) is 5.92 Å². The summed E-state index contributed by atoms with van der Waals surface area (Å²) in [6.07, 6.45) is 0.777. The second kappa shape index (κ2) is 6.04. The summed E-state index contributed by atoms with van der Waals surface area (Å²) in [6, 6.07) is -0.361. The number of likely N-dealkylation sites (tertiary alicyclic amines) is 1. The molecular formula is C15H26N2O5. The van der Waals surface area contributed by atoms with Crippen LogP contribution in [0.5, 0.6) is 0 Å². The number of hydrogen-bond donors (Lipinski definition) is 1. The van der Waals surface area contributed by atoms with Gasteiger partial charge in [0.1, 0.15) is 11.5 Å². The Morgan fingerprint density at radius 3 is 2.36 bits per heavy atom. The number of ether oxygens (including phenoxy) is 3. The van der Waals surface area contributed by atoms with Crippen molar-refractivity contribution < 1.29 is 23.8 Å². The molecule has 2 heterocycles. The third-order valence-electron chi connectivity index (χ3n) is 4.27. The van der Waals surface area contributed by atoms with Crippen molar-refractivity contribution >= 4 is 12.1 Å². The Morgan fingerprint density at radius 1 is 1.27 bits per heavy atom. The van der Waals surface area contributed by atoms with Gasteiger partial charge in [-0.3, -0.25) is 4.79 Å². The number of nitrogens with two attached hydrogens (primary N) is 1. The molecule has 0 aliphatic carbocycles. The lowest BCUT2D eigenvalue weighted by molar-refractivity contribution is -0.155. The van der Waals surface area contributed by atoms with Gasteiger partial charge in [-0.15, -0.1) is 0 Å². The summed E-state index contributed by atoms with van der Waals surface area (Å²) in [5.41, 5.74) is 4.87. The molecule has 2 N–H and O–H groups in total. The highest BCUT2D eigenvalue weighted by atomic mass is 16.6. The van der Waals surface area contributed by atoms with E-state index in [1.54, 1.807) is 4.90 Å². The molecule has 0 saturated carbocycles. The number of esters is 1. The molecule has 2 aliphatic heterocycles. The van der Waals surface area contributed by atoms with Crippen molar-refractivity contribution in [1.82, 2.24) is 4.90 Å². The first-order valence-electron chi connectivity index (χ1n) is 7.64. The molecule has 0 bridgehead atoms. The van der Waals surface area contributed by atoms with Crippen molar-refractivity contribution in [2.75, 3.05) is 26.8 Å². The van der Waals surface area contributed by atoms with Crippen molar-refractivity contribution in [3.05, 3.63) is 0 Å². The molecule has 2 rings (SSSR count). The zero-order valence-electron chi connectivity index (χ0n) is 13.8. The van der Waals surface area contributed by atoms with Crippen LogP contribution < -0.4 is 5.73 Å². The first-order chi connectivity index (χ1) is 10.2. The molecule has 2 saturated heterocycles. The van der Waals surface area contributed by atoms with Crippen LogP contribution >= 0.6 is 0 Å². The van der Waals surface area contributed by atoms with E-state index in [0.717, 1.165) is 0 Å². The summed E-state index contributed by atoms with van der Waals surface area (Å²) < 4.78 is 16.1. The van der Waals surface area contributed by atoms with E-state index in [1.807, 2.05) is 20.8 Å². The third-order valence-corrected chi connectivity index (χ3v) is 4.27. The molecule has 2 unspecified atom stereocenters. The third kappa shape index (κ3) is 3.35. The molecule has 1 amide bonds. The Kier molecular flexibility index (Phi) is 4.67. The number of nitrogens with zero attached hydrogens (tertiary/aromatic N) is 1. The van der Waals surface area contributed by atoms with E-state index in [-0.39, 0.29) is 18.1 Å². The molecule has 126 valence electrons. The second-order valence-corrected chi connectivity index (χ2v) is 7.01. The van der Waals surface area contributed by atoms with Gasteiger partial charge in [-0.1, -0.05) is 0 Å². The quantitative estimate of drug-likeness (QED) is 0.723. The maximum atomic E-state index is 12.1. The maximum Gasteiger partial charge on any atom is 0.410 e. The highest BCUT2D eigenvalue weighted by Crippen LogP contribution is 2.41. The molecule has 7 heteroatoms. The Hall–Kier alpha value is -1.34.